The topological polar surface area (TPSA) is 64.3 Å². The van der Waals surface area contributed by atoms with Crippen LogP contribution in [0, 0.1) is 0 Å². The fourth-order valence-electron chi connectivity index (χ4n) is 2.11. The highest BCUT2D eigenvalue weighted by Gasteiger charge is 2.18. The van der Waals surface area contributed by atoms with E-state index in [0.29, 0.717) is 11.7 Å². The minimum Gasteiger partial charge on any atom is -0.496 e. The van der Waals surface area contributed by atoms with E-state index in [0.717, 1.165) is 21.3 Å². The third kappa shape index (κ3) is 2.95. The van der Waals surface area contributed by atoms with Gasteiger partial charge in [0.1, 0.15) is 5.75 Å². The van der Waals surface area contributed by atoms with E-state index in [-0.39, 0.29) is 5.69 Å². The van der Waals surface area contributed by atoms with Crippen LogP contribution in [-0.4, -0.2) is 28.0 Å². The van der Waals surface area contributed by atoms with Gasteiger partial charge in [-0.1, -0.05) is 13.8 Å². The summed E-state index contributed by atoms with van der Waals surface area (Å²) in [5.41, 5.74) is 2.72. The van der Waals surface area contributed by atoms with Gasteiger partial charge in [-0.25, -0.2) is 4.79 Å². The van der Waals surface area contributed by atoms with Crippen LogP contribution >= 0.6 is 15.9 Å². The molecule has 0 atom stereocenters. The molecule has 0 saturated carbocycles. The highest BCUT2D eigenvalue weighted by atomic mass is 79.9. The first-order valence-electron chi connectivity index (χ1n) is 6.50. The Hall–Kier alpha value is -1.82. The lowest BCUT2D eigenvalue weighted by Crippen LogP contribution is -2.00. The molecule has 0 spiro atoms. The zero-order valence-corrected chi connectivity index (χ0v) is 13.9. The standard InChI is InChI=1S/C15H17BrN2O3/c1-8(2)9-5-10(14(16)13(6-9)21-4)12-7-11(15(19)20)17-18(12)3/h5-8H,1-4H3,(H,19,20). The summed E-state index contributed by atoms with van der Waals surface area (Å²) < 4.78 is 7.75. The van der Waals surface area contributed by atoms with Crippen LogP contribution in [0.15, 0.2) is 22.7 Å². The van der Waals surface area contributed by atoms with Gasteiger partial charge in [0.25, 0.3) is 0 Å². The second kappa shape index (κ2) is 5.89. The quantitative estimate of drug-likeness (QED) is 0.911. The molecule has 0 fully saturated rings. The first kappa shape index (κ1) is 15.6. The number of aromatic carboxylic acids is 1. The van der Waals surface area contributed by atoms with Gasteiger partial charge in [0.2, 0.25) is 0 Å². The number of rotatable bonds is 4. The molecular formula is C15H17BrN2O3. The zero-order valence-electron chi connectivity index (χ0n) is 12.3. The lowest BCUT2D eigenvalue weighted by molar-refractivity contribution is 0.0689. The van der Waals surface area contributed by atoms with Gasteiger partial charge in [-0.15, -0.1) is 0 Å². The number of hydrogen-bond donors (Lipinski definition) is 1. The first-order valence-corrected chi connectivity index (χ1v) is 7.29. The monoisotopic (exact) mass is 352 g/mol. The van der Waals surface area contributed by atoms with Gasteiger partial charge in [-0.2, -0.15) is 5.10 Å². The van der Waals surface area contributed by atoms with Crippen LogP contribution in [0.1, 0.15) is 35.8 Å². The van der Waals surface area contributed by atoms with Gasteiger partial charge >= 0.3 is 5.97 Å². The number of carboxylic acids is 1. The summed E-state index contributed by atoms with van der Waals surface area (Å²) in [6.07, 6.45) is 0. The molecule has 112 valence electrons. The maximum absolute atomic E-state index is 11.1. The molecule has 2 rings (SSSR count). The van der Waals surface area contributed by atoms with Crippen LogP contribution < -0.4 is 4.74 Å². The number of halogens is 1. The van der Waals surface area contributed by atoms with Crippen molar-refractivity contribution in [3.63, 3.8) is 0 Å². The predicted octanol–water partition coefficient (Wildman–Crippen LogP) is 3.68. The third-order valence-electron chi connectivity index (χ3n) is 3.32. The Labute approximate surface area is 131 Å². The molecule has 5 nitrogen and oxygen atoms in total. The van der Waals surface area contributed by atoms with Crippen molar-refractivity contribution in [2.24, 2.45) is 7.05 Å². The number of aryl methyl sites for hydroxylation is 1. The lowest BCUT2D eigenvalue weighted by atomic mass is 9.99. The Morgan fingerprint density at radius 2 is 2.05 bits per heavy atom. The van der Waals surface area contributed by atoms with Gasteiger partial charge in [0, 0.05) is 12.6 Å². The molecule has 0 bridgehead atoms. The molecule has 1 heterocycles. The number of benzene rings is 1. The van der Waals surface area contributed by atoms with E-state index < -0.39 is 5.97 Å². The number of methoxy groups -OCH3 is 1. The van der Waals surface area contributed by atoms with Crippen LogP contribution in [0.5, 0.6) is 5.75 Å². The highest BCUT2D eigenvalue weighted by Crippen LogP contribution is 2.38. The van der Waals surface area contributed by atoms with Crippen molar-refractivity contribution in [3.05, 3.63) is 33.9 Å². The smallest absolute Gasteiger partial charge is 0.356 e. The minimum atomic E-state index is -1.04. The highest BCUT2D eigenvalue weighted by molar-refractivity contribution is 9.10. The van der Waals surface area contributed by atoms with Crippen molar-refractivity contribution in [2.45, 2.75) is 19.8 Å². The zero-order chi connectivity index (χ0) is 15.7. The molecule has 1 aromatic heterocycles. The maximum Gasteiger partial charge on any atom is 0.356 e. The van der Waals surface area contributed by atoms with E-state index in [2.05, 4.69) is 34.9 Å². The number of carboxylic acid groups (broad SMARTS) is 1. The summed E-state index contributed by atoms with van der Waals surface area (Å²) in [6.45, 7) is 4.19. The van der Waals surface area contributed by atoms with Gasteiger partial charge in [-0.05, 0) is 45.6 Å². The normalized spacial score (nSPS) is 11.0. The third-order valence-corrected chi connectivity index (χ3v) is 4.14. The summed E-state index contributed by atoms with van der Waals surface area (Å²) in [7, 11) is 3.34. The van der Waals surface area contributed by atoms with Crippen molar-refractivity contribution in [2.75, 3.05) is 7.11 Å². The van der Waals surface area contributed by atoms with E-state index in [1.165, 1.54) is 0 Å². The second-order valence-corrected chi connectivity index (χ2v) is 5.88. The summed E-state index contributed by atoms with van der Waals surface area (Å²) in [5.74, 6) is 0.00662. The van der Waals surface area contributed by atoms with E-state index in [4.69, 9.17) is 9.84 Å². The van der Waals surface area contributed by atoms with E-state index in [1.54, 1.807) is 24.9 Å². The molecule has 1 aromatic carbocycles. The van der Waals surface area contributed by atoms with Gasteiger partial charge in [0.05, 0.1) is 17.3 Å². The van der Waals surface area contributed by atoms with Gasteiger partial charge in [0.15, 0.2) is 5.69 Å². The Bertz CT molecular complexity index is 692. The number of carbonyl (C=O) groups is 1. The number of ether oxygens (including phenoxy) is 1. The first-order chi connectivity index (χ1) is 9.85. The summed E-state index contributed by atoms with van der Waals surface area (Å²) in [6, 6.07) is 5.57. The van der Waals surface area contributed by atoms with Gasteiger partial charge in [-0.3, -0.25) is 4.68 Å². The number of hydrogen-bond acceptors (Lipinski definition) is 3. The predicted molar refractivity (Wildman–Crippen MR) is 83.9 cm³/mol. The van der Waals surface area contributed by atoms with Crippen LogP contribution in [0.3, 0.4) is 0 Å². The van der Waals surface area contributed by atoms with Crippen molar-refractivity contribution < 1.29 is 14.6 Å². The SMILES string of the molecule is COc1cc(C(C)C)cc(-c2cc(C(=O)O)nn2C)c1Br. The Balaban J connectivity index is 2.67. The molecule has 0 aliphatic heterocycles. The fourth-order valence-corrected chi connectivity index (χ4v) is 2.71. The van der Waals surface area contributed by atoms with E-state index in [9.17, 15) is 4.79 Å². The second-order valence-electron chi connectivity index (χ2n) is 5.08. The molecule has 0 radical (unpaired) electrons. The lowest BCUT2D eigenvalue weighted by Gasteiger charge is -2.14. The molecule has 1 N–H and O–H groups in total. The summed E-state index contributed by atoms with van der Waals surface area (Å²) in [5, 5.41) is 13.1. The largest absolute Gasteiger partial charge is 0.496 e. The molecule has 0 aliphatic rings. The van der Waals surface area contributed by atoms with Crippen molar-refractivity contribution >= 4 is 21.9 Å². The van der Waals surface area contributed by atoms with Crippen LogP contribution in [0.2, 0.25) is 0 Å². The Morgan fingerprint density at radius 1 is 1.38 bits per heavy atom. The molecule has 6 heteroatoms. The molecule has 0 saturated heterocycles. The Morgan fingerprint density at radius 3 is 2.52 bits per heavy atom. The molecular weight excluding hydrogens is 336 g/mol. The van der Waals surface area contributed by atoms with Gasteiger partial charge < -0.3 is 9.84 Å². The fraction of sp³-hybridized carbons (Fsp3) is 0.333. The summed E-state index contributed by atoms with van der Waals surface area (Å²) in [4.78, 5) is 11.1. The molecule has 0 amide bonds. The van der Waals surface area contributed by atoms with Crippen molar-refractivity contribution in [1.82, 2.24) is 9.78 Å². The van der Waals surface area contributed by atoms with Crippen LogP contribution in [-0.2, 0) is 7.05 Å². The molecule has 0 aliphatic carbocycles. The summed E-state index contributed by atoms with van der Waals surface area (Å²) >= 11 is 3.53. The molecule has 0 unspecified atom stereocenters. The maximum atomic E-state index is 11.1. The Kier molecular flexibility index (Phi) is 4.37. The van der Waals surface area contributed by atoms with Crippen LogP contribution in [0.4, 0.5) is 0 Å². The average molecular weight is 353 g/mol. The van der Waals surface area contributed by atoms with Crippen LogP contribution in [0.25, 0.3) is 11.3 Å². The molecule has 21 heavy (non-hydrogen) atoms. The number of aromatic nitrogens is 2. The minimum absolute atomic E-state index is 0.0216. The van der Waals surface area contributed by atoms with E-state index in [1.807, 2.05) is 12.1 Å². The number of nitrogens with zero attached hydrogens (tertiary/aromatic N) is 2. The average Bonchev–Trinajstić information content (AvgIpc) is 2.81. The van der Waals surface area contributed by atoms with Crippen molar-refractivity contribution in [3.8, 4) is 17.0 Å². The van der Waals surface area contributed by atoms with E-state index >= 15 is 0 Å². The molecule has 2 aromatic rings. The van der Waals surface area contributed by atoms with Crippen molar-refractivity contribution in [1.29, 1.82) is 0 Å².